The van der Waals surface area contributed by atoms with Gasteiger partial charge in [-0.1, -0.05) is 6.07 Å². The van der Waals surface area contributed by atoms with Crippen LogP contribution in [0.5, 0.6) is 5.75 Å². The zero-order valence-electron chi connectivity index (χ0n) is 19.9. The molecule has 5 rings (SSSR count). The fraction of sp³-hybridized carbons (Fsp3) is 0.179. The Bertz CT molecular complexity index is 1370. The molecule has 0 amide bonds. The molecule has 1 saturated heterocycles. The third kappa shape index (κ3) is 4.55. The molecule has 2 aromatic carbocycles. The first kappa shape index (κ1) is 23.6. The zero-order chi connectivity index (χ0) is 25.2. The number of anilines is 1. The van der Waals surface area contributed by atoms with Crippen LogP contribution in [0.15, 0.2) is 91.3 Å². The number of nitrogens with one attached hydrogen (secondary N) is 1. The van der Waals surface area contributed by atoms with Gasteiger partial charge < -0.3 is 24.6 Å². The predicted octanol–water partition coefficient (Wildman–Crippen LogP) is 5.53. The lowest BCUT2D eigenvalue weighted by molar-refractivity contribution is 0.0697. The molecule has 2 N–H and O–H groups in total. The number of hydrogen-bond donors (Lipinski definition) is 2. The van der Waals surface area contributed by atoms with Gasteiger partial charge in [0.25, 0.3) is 0 Å². The maximum atomic E-state index is 11.3. The maximum absolute atomic E-state index is 11.3. The Balaban J connectivity index is 1.59. The molecule has 1 aliphatic heterocycles. The molecule has 2 atom stereocenters. The number of rotatable bonds is 7. The molecule has 7 nitrogen and oxygen atoms in total. The summed E-state index contributed by atoms with van der Waals surface area (Å²) in [6, 6.07) is 24.2. The summed E-state index contributed by atoms with van der Waals surface area (Å²) in [5, 5.41) is 13.4. The van der Waals surface area contributed by atoms with Crippen LogP contribution in [0.1, 0.15) is 47.7 Å². The number of benzene rings is 2. The van der Waals surface area contributed by atoms with Crippen LogP contribution >= 0.6 is 12.2 Å². The summed E-state index contributed by atoms with van der Waals surface area (Å²) in [6.45, 7) is 4.00. The lowest BCUT2D eigenvalue weighted by Crippen LogP contribution is -2.30. The van der Waals surface area contributed by atoms with E-state index in [1.165, 1.54) is 0 Å². The molecule has 0 radical (unpaired) electrons. The van der Waals surface area contributed by atoms with E-state index in [4.69, 9.17) is 17.0 Å². The summed E-state index contributed by atoms with van der Waals surface area (Å²) < 4.78 is 7.89. The van der Waals surface area contributed by atoms with E-state index in [1.807, 2.05) is 80.7 Å². The van der Waals surface area contributed by atoms with Crippen molar-refractivity contribution in [2.75, 3.05) is 4.90 Å². The number of hydrogen-bond acceptors (Lipinski definition) is 4. The number of carboxylic acid groups (broad SMARTS) is 1. The Labute approximate surface area is 215 Å². The molecule has 2 aromatic heterocycles. The molecule has 0 saturated carbocycles. The number of aromatic carboxylic acids is 1. The highest BCUT2D eigenvalue weighted by Crippen LogP contribution is 2.42. The Hall–Kier alpha value is -4.17. The third-order valence-electron chi connectivity index (χ3n) is 6.06. The highest BCUT2D eigenvalue weighted by molar-refractivity contribution is 7.80. The van der Waals surface area contributed by atoms with Gasteiger partial charge in [-0.3, -0.25) is 4.98 Å². The van der Waals surface area contributed by atoms with Gasteiger partial charge in [-0.05, 0) is 98.9 Å². The molecule has 0 aliphatic carbocycles. The minimum atomic E-state index is -0.953. The third-order valence-corrected chi connectivity index (χ3v) is 6.38. The second kappa shape index (κ2) is 9.83. The van der Waals surface area contributed by atoms with Gasteiger partial charge in [0.2, 0.25) is 0 Å². The summed E-state index contributed by atoms with van der Waals surface area (Å²) in [4.78, 5) is 18.1. The molecule has 36 heavy (non-hydrogen) atoms. The summed E-state index contributed by atoms with van der Waals surface area (Å²) in [6.07, 6.45) is 3.84. The van der Waals surface area contributed by atoms with Gasteiger partial charge >= 0.3 is 5.97 Å². The molecule has 0 bridgehead atoms. The van der Waals surface area contributed by atoms with Crippen LogP contribution in [0.2, 0.25) is 0 Å². The van der Waals surface area contributed by atoms with Crippen molar-refractivity contribution in [2.45, 2.75) is 32.0 Å². The number of nitrogens with zero attached hydrogens (tertiary/aromatic N) is 3. The lowest BCUT2D eigenvalue weighted by Gasteiger charge is -2.29. The van der Waals surface area contributed by atoms with Crippen molar-refractivity contribution < 1.29 is 14.6 Å². The topological polar surface area (TPSA) is 79.6 Å². The van der Waals surface area contributed by atoms with E-state index < -0.39 is 5.97 Å². The van der Waals surface area contributed by atoms with Crippen LogP contribution in [-0.2, 0) is 0 Å². The van der Waals surface area contributed by atoms with Gasteiger partial charge in [0, 0.05) is 29.5 Å². The first-order valence-corrected chi connectivity index (χ1v) is 12.1. The molecule has 0 spiro atoms. The monoisotopic (exact) mass is 498 g/mol. The molecule has 4 aromatic rings. The van der Waals surface area contributed by atoms with Crippen LogP contribution in [0, 0.1) is 0 Å². The SMILES string of the molecule is CC(C)Oc1ccc(N2C(=S)N[C@@H](c3ccccn3)[C@H]2c2cccn2-c2ccc(C(=O)O)cc2)cc1. The van der Waals surface area contributed by atoms with E-state index in [0.717, 1.165) is 28.5 Å². The number of pyridine rings is 1. The Kier molecular flexibility index (Phi) is 6.43. The van der Waals surface area contributed by atoms with Gasteiger partial charge in [0.1, 0.15) is 11.8 Å². The number of carboxylic acids is 1. The Morgan fingerprint density at radius 2 is 1.72 bits per heavy atom. The first-order chi connectivity index (χ1) is 17.4. The van der Waals surface area contributed by atoms with Crippen LogP contribution in [0.4, 0.5) is 5.69 Å². The molecule has 3 heterocycles. The number of aromatic nitrogens is 2. The van der Waals surface area contributed by atoms with Crippen molar-refractivity contribution in [3.63, 3.8) is 0 Å². The van der Waals surface area contributed by atoms with Crippen molar-refractivity contribution in [3.8, 4) is 11.4 Å². The Morgan fingerprint density at radius 3 is 2.36 bits per heavy atom. The smallest absolute Gasteiger partial charge is 0.335 e. The van der Waals surface area contributed by atoms with Gasteiger partial charge in [-0.2, -0.15) is 0 Å². The van der Waals surface area contributed by atoms with Gasteiger partial charge in [0.05, 0.1) is 23.4 Å². The molecule has 182 valence electrons. The minimum Gasteiger partial charge on any atom is -0.491 e. The second-order valence-corrected chi connectivity index (χ2v) is 9.20. The highest BCUT2D eigenvalue weighted by atomic mass is 32.1. The van der Waals surface area contributed by atoms with Crippen molar-refractivity contribution >= 4 is 29.0 Å². The molecular weight excluding hydrogens is 472 g/mol. The van der Waals surface area contributed by atoms with Crippen LogP contribution in [0.25, 0.3) is 5.69 Å². The van der Waals surface area contributed by atoms with Crippen LogP contribution in [0.3, 0.4) is 0 Å². The molecule has 1 fully saturated rings. The summed E-state index contributed by atoms with van der Waals surface area (Å²) in [5.41, 5.74) is 3.90. The average Bonchev–Trinajstić information content (AvgIpc) is 3.49. The van der Waals surface area contributed by atoms with E-state index in [0.29, 0.717) is 5.11 Å². The largest absolute Gasteiger partial charge is 0.491 e. The Morgan fingerprint density at radius 1 is 1.00 bits per heavy atom. The quantitative estimate of drug-likeness (QED) is 0.324. The number of ether oxygens (including phenoxy) is 1. The van der Waals surface area contributed by atoms with E-state index in [2.05, 4.69) is 25.8 Å². The standard InChI is InChI=1S/C28H26N4O3S/c1-18(2)35-22-14-12-21(13-15-22)32-26(25(30-28(32)36)23-6-3-4-16-29-23)24-7-5-17-31(24)20-10-8-19(9-11-20)27(33)34/h3-18,25-26H,1-2H3,(H,30,36)(H,33,34)/t25-,26+/m0/s1. The summed E-state index contributed by atoms with van der Waals surface area (Å²) in [5.74, 6) is -0.155. The normalized spacial score (nSPS) is 17.3. The summed E-state index contributed by atoms with van der Waals surface area (Å²) >= 11 is 5.84. The molecule has 0 unspecified atom stereocenters. The van der Waals surface area contributed by atoms with Gasteiger partial charge in [-0.15, -0.1) is 0 Å². The average molecular weight is 499 g/mol. The van der Waals surface area contributed by atoms with Crippen LogP contribution in [-0.4, -0.2) is 31.8 Å². The fourth-order valence-corrected chi connectivity index (χ4v) is 4.87. The zero-order valence-corrected chi connectivity index (χ0v) is 20.7. The van der Waals surface area contributed by atoms with Crippen molar-refractivity contribution in [3.05, 3.63) is 108 Å². The number of thiocarbonyl (C=S) groups is 1. The van der Waals surface area contributed by atoms with Crippen LogP contribution < -0.4 is 15.0 Å². The van der Waals surface area contributed by atoms with E-state index in [9.17, 15) is 9.90 Å². The highest BCUT2D eigenvalue weighted by Gasteiger charge is 2.42. The van der Waals surface area contributed by atoms with E-state index in [-0.39, 0.29) is 23.8 Å². The summed E-state index contributed by atoms with van der Waals surface area (Å²) in [7, 11) is 0. The lowest BCUT2D eigenvalue weighted by atomic mass is 10.0. The van der Waals surface area contributed by atoms with Gasteiger partial charge in [-0.25, -0.2) is 4.79 Å². The fourth-order valence-electron chi connectivity index (χ4n) is 4.53. The molecular formula is C28H26N4O3S. The minimum absolute atomic E-state index is 0.0856. The van der Waals surface area contributed by atoms with Crippen molar-refractivity contribution in [1.29, 1.82) is 0 Å². The molecule has 1 aliphatic rings. The van der Waals surface area contributed by atoms with Crippen molar-refractivity contribution in [2.24, 2.45) is 0 Å². The van der Waals surface area contributed by atoms with Crippen molar-refractivity contribution in [1.82, 2.24) is 14.9 Å². The van der Waals surface area contributed by atoms with Gasteiger partial charge in [0.15, 0.2) is 5.11 Å². The molecule has 8 heteroatoms. The first-order valence-electron chi connectivity index (χ1n) is 11.7. The van der Waals surface area contributed by atoms with E-state index >= 15 is 0 Å². The maximum Gasteiger partial charge on any atom is 0.335 e. The second-order valence-electron chi connectivity index (χ2n) is 8.81. The predicted molar refractivity (Wildman–Crippen MR) is 143 cm³/mol. The number of carbonyl (C=O) groups is 1. The van der Waals surface area contributed by atoms with E-state index in [1.54, 1.807) is 18.3 Å².